The average molecular weight is 157 g/mol. The molecule has 0 aromatic carbocycles. The largest absolute Gasteiger partial charge is 0.345 e. The van der Waals surface area contributed by atoms with E-state index in [4.69, 9.17) is 0 Å². The second-order valence-corrected chi connectivity index (χ2v) is 2.98. The van der Waals surface area contributed by atoms with Gasteiger partial charge in [0.2, 0.25) is 5.91 Å². The molecule has 0 spiro atoms. The van der Waals surface area contributed by atoms with Crippen molar-refractivity contribution in [2.24, 2.45) is 11.8 Å². The third kappa shape index (κ3) is 2.21. The molecule has 0 radical (unpaired) electrons. The predicted molar refractivity (Wildman–Crippen MR) is 47.3 cm³/mol. The first kappa shape index (κ1) is 10.5. The molecule has 2 atom stereocenters. The van der Waals surface area contributed by atoms with Crippen molar-refractivity contribution in [2.75, 3.05) is 13.6 Å². The van der Waals surface area contributed by atoms with Gasteiger partial charge in [0.05, 0.1) is 0 Å². The monoisotopic (exact) mass is 157 g/mol. The van der Waals surface area contributed by atoms with Crippen LogP contribution in [0, 0.1) is 11.8 Å². The van der Waals surface area contributed by atoms with Gasteiger partial charge in [-0.1, -0.05) is 27.7 Å². The quantitative estimate of drug-likeness (QED) is 0.524. The van der Waals surface area contributed by atoms with E-state index in [2.05, 4.69) is 6.92 Å². The van der Waals surface area contributed by atoms with Gasteiger partial charge in [-0.05, 0) is 5.92 Å². The van der Waals surface area contributed by atoms with Crippen LogP contribution < -0.4 is 0 Å². The lowest BCUT2D eigenvalue weighted by molar-refractivity contribution is -0.129. The van der Waals surface area contributed by atoms with Crippen LogP contribution in [-0.2, 0) is 4.79 Å². The molecule has 0 aromatic rings. The number of carbonyl (C=O) groups is 1. The molecule has 0 aliphatic carbocycles. The molecule has 1 rings (SSSR count). The van der Waals surface area contributed by atoms with Gasteiger partial charge in [-0.3, -0.25) is 4.79 Å². The van der Waals surface area contributed by atoms with E-state index in [0.29, 0.717) is 11.8 Å². The number of likely N-dealkylation sites (tertiary alicyclic amines) is 1. The first-order valence-corrected chi connectivity index (χ1v) is 4.38. The van der Waals surface area contributed by atoms with E-state index >= 15 is 0 Å². The zero-order valence-corrected chi connectivity index (χ0v) is 8.22. The van der Waals surface area contributed by atoms with Gasteiger partial charge >= 0.3 is 0 Å². The molecule has 2 heteroatoms. The van der Waals surface area contributed by atoms with E-state index in [9.17, 15) is 4.79 Å². The number of nitrogens with zero attached hydrogens (tertiary/aromatic N) is 1. The zero-order chi connectivity index (χ0) is 9.02. The minimum atomic E-state index is 0.245. The summed E-state index contributed by atoms with van der Waals surface area (Å²) in [5, 5.41) is 0. The Kier molecular flexibility index (Phi) is 4.16. The Labute approximate surface area is 69.6 Å². The van der Waals surface area contributed by atoms with E-state index in [1.54, 1.807) is 4.90 Å². The van der Waals surface area contributed by atoms with Crippen molar-refractivity contribution in [3.63, 3.8) is 0 Å². The van der Waals surface area contributed by atoms with Crippen LogP contribution in [0.3, 0.4) is 0 Å². The van der Waals surface area contributed by atoms with Crippen LogP contribution in [0.15, 0.2) is 0 Å². The van der Waals surface area contributed by atoms with Crippen molar-refractivity contribution in [3.8, 4) is 0 Å². The molecule has 0 aromatic heterocycles. The van der Waals surface area contributed by atoms with Crippen molar-refractivity contribution >= 4 is 5.91 Å². The summed E-state index contributed by atoms with van der Waals surface area (Å²) in [6.07, 6.45) is 0. The van der Waals surface area contributed by atoms with Crippen molar-refractivity contribution in [1.29, 1.82) is 0 Å². The summed E-state index contributed by atoms with van der Waals surface area (Å²) in [6, 6.07) is 0. The lowest BCUT2D eigenvalue weighted by atomic mass is 10.0. The second kappa shape index (κ2) is 4.37. The number of amides is 1. The van der Waals surface area contributed by atoms with E-state index in [-0.39, 0.29) is 5.92 Å². The molecule has 1 saturated heterocycles. The van der Waals surface area contributed by atoms with Gasteiger partial charge in [0.1, 0.15) is 0 Å². The fourth-order valence-corrected chi connectivity index (χ4v) is 1.27. The first-order valence-electron chi connectivity index (χ1n) is 4.38. The molecule has 1 unspecified atom stereocenters. The topological polar surface area (TPSA) is 20.3 Å². The van der Waals surface area contributed by atoms with E-state index in [0.717, 1.165) is 6.54 Å². The SMILES string of the molecule is CC.CC1CN(C)C(=O)[C@H]1C. The zero-order valence-electron chi connectivity index (χ0n) is 8.22. The highest BCUT2D eigenvalue weighted by Gasteiger charge is 2.31. The molecule has 1 aliphatic heterocycles. The third-order valence-electron chi connectivity index (χ3n) is 2.18. The molecule has 1 amide bonds. The Balaban J connectivity index is 0.000000461. The Morgan fingerprint density at radius 1 is 1.36 bits per heavy atom. The number of hydrogen-bond donors (Lipinski definition) is 0. The van der Waals surface area contributed by atoms with Crippen molar-refractivity contribution < 1.29 is 4.79 Å². The van der Waals surface area contributed by atoms with Gasteiger partial charge in [-0.25, -0.2) is 0 Å². The van der Waals surface area contributed by atoms with Crippen LogP contribution >= 0.6 is 0 Å². The molecule has 1 heterocycles. The van der Waals surface area contributed by atoms with Gasteiger partial charge in [-0.15, -0.1) is 0 Å². The van der Waals surface area contributed by atoms with Crippen LogP contribution in [0.2, 0.25) is 0 Å². The first-order chi connectivity index (χ1) is 5.13. The minimum absolute atomic E-state index is 0.245. The number of hydrogen-bond acceptors (Lipinski definition) is 1. The minimum Gasteiger partial charge on any atom is -0.345 e. The van der Waals surface area contributed by atoms with E-state index < -0.39 is 0 Å². The molecule has 11 heavy (non-hydrogen) atoms. The summed E-state index contributed by atoms with van der Waals surface area (Å²) in [5.41, 5.74) is 0. The van der Waals surface area contributed by atoms with Crippen LogP contribution in [-0.4, -0.2) is 24.4 Å². The summed E-state index contributed by atoms with van der Waals surface area (Å²) >= 11 is 0. The molecule has 1 fully saturated rings. The van der Waals surface area contributed by atoms with Crippen molar-refractivity contribution in [2.45, 2.75) is 27.7 Å². The number of carbonyl (C=O) groups excluding carboxylic acids is 1. The lowest BCUT2D eigenvalue weighted by Gasteiger charge is -2.05. The molecule has 0 saturated carbocycles. The molecule has 1 aliphatic rings. The summed E-state index contributed by atoms with van der Waals surface area (Å²) in [4.78, 5) is 12.8. The standard InChI is InChI=1S/C7H13NO.C2H6/c1-5-4-8(3)7(9)6(5)2;1-2/h5-6H,4H2,1-3H3;1-2H3/t5?,6-;/m0./s1. The Hall–Kier alpha value is -0.530. The van der Waals surface area contributed by atoms with E-state index in [1.165, 1.54) is 0 Å². The predicted octanol–water partition coefficient (Wildman–Crippen LogP) is 1.76. The highest BCUT2D eigenvalue weighted by Crippen LogP contribution is 2.21. The fourth-order valence-electron chi connectivity index (χ4n) is 1.27. The third-order valence-corrected chi connectivity index (χ3v) is 2.18. The highest BCUT2D eigenvalue weighted by molar-refractivity contribution is 5.80. The molecule has 0 bridgehead atoms. The molecule has 2 nitrogen and oxygen atoms in total. The van der Waals surface area contributed by atoms with Gasteiger partial charge in [0, 0.05) is 19.5 Å². The summed E-state index contributed by atoms with van der Waals surface area (Å²) in [6.45, 7) is 9.04. The maximum atomic E-state index is 11.0. The average Bonchev–Trinajstić information content (AvgIpc) is 2.22. The Morgan fingerprint density at radius 3 is 1.91 bits per heavy atom. The molecular formula is C9H19NO. The maximum Gasteiger partial charge on any atom is 0.225 e. The Bertz CT molecular complexity index is 134. The fraction of sp³-hybridized carbons (Fsp3) is 0.889. The van der Waals surface area contributed by atoms with Crippen LogP contribution in [0.25, 0.3) is 0 Å². The van der Waals surface area contributed by atoms with Crippen molar-refractivity contribution in [1.82, 2.24) is 4.90 Å². The van der Waals surface area contributed by atoms with Crippen LogP contribution in [0.1, 0.15) is 27.7 Å². The second-order valence-electron chi connectivity index (χ2n) is 2.98. The van der Waals surface area contributed by atoms with Gasteiger partial charge in [0.15, 0.2) is 0 Å². The van der Waals surface area contributed by atoms with E-state index in [1.807, 2.05) is 27.8 Å². The highest BCUT2D eigenvalue weighted by atomic mass is 16.2. The smallest absolute Gasteiger partial charge is 0.225 e. The van der Waals surface area contributed by atoms with Crippen molar-refractivity contribution in [3.05, 3.63) is 0 Å². The molecular weight excluding hydrogens is 138 g/mol. The normalized spacial score (nSPS) is 29.9. The van der Waals surface area contributed by atoms with Gasteiger partial charge in [-0.2, -0.15) is 0 Å². The summed E-state index contributed by atoms with van der Waals surface area (Å²) < 4.78 is 0. The van der Waals surface area contributed by atoms with Crippen LogP contribution in [0.4, 0.5) is 0 Å². The summed E-state index contributed by atoms with van der Waals surface area (Å²) in [7, 11) is 1.86. The Morgan fingerprint density at radius 2 is 1.82 bits per heavy atom. The number of rotatable bonds is 0. The van der Waals surface area contributed by atoms with Gasteiger partial charge < -0.3 is 4.90 Å². The maximum absolute atomic E-state index is 11.0. The summed E-state index contributed by atoms with van der Waals surface area (Å²) in [5.74, 6) is 1.08. The molecule has 66 valence electrons. The lowest BCUT2D eigenvalue weighted by Crippen LogP contribution is -2.21. The molecule has 0 N–H and O–H groups in total. The van der Waals surface area contributed by atoms with Gasteiger partial charge in [0.25, 0.3) is 0 Å². The van der Waals surface area contributed by atoms with Crippen LogP contribution in [0.5, 0.6) is 0 Å².